The molecule has 6 heteroatoms. The van der Waals surface area contributed by atoms with Crippen LogP contribution in [0.4, 0.5) is 0 Å². The van der Waals surface area contributed by atoms with Gasteiger partial charge in [-0.15, -0.1) is 0 Å². The lowest BCUT2D eigenvalue weighted by molar-refractivity contribution is 0.302. The average molecular weight is 458 g/mol. The molecular formula is C27H23NO4S. The Hall–Kier alpha value is -3.51. The number of fused-ring (bicyclic) bond motifs is 2. The Morgan fingerprint density at radius 3 is 2.45 bits per heavy atom. The van der Waals surface area contributed by atoms with Gasteiger partial charge in [-0.05, 0) is 44.0 Å². The number of rotatable bonds is 8. The highest BCUT2D eigenvalue weighted by molar-refractivity contribution is 7.99. The third-order valence-corrected chi connectivity index (χ3v) is 6.27. The molecule has 0 bridgehead atoms. The van der Waals surface area contributed by atoms with Crippen LogP contribution in [-0.2, 0) is 0 Å². The number of para-hydroxylation sites is 3. The van der Waals surface area contributed by atoms with E-state index in [0.29, 0.717) is 28.6 Å². The van der Waals surface area contributed by atoms with Gasteiger partial charge in [-0.25, -0.2) is 4.98 Å². The second-order valence-electron chi connectivity index (χ2n) is 7.80. The van der Waals surface area contributed by atoms with Crippen LogP contribution in [-0.4, -0.2) is 17.3 Å². The molecule has 0 amide bonds. The minimum absolute atomic E-state index is 0.145. The van der Waals surface area contributed by atoms with Crippen LogP contribution in [0.5, 0.6) is 5.75 Å². The number of aryl methyl sites for hydroxylation is 1. The van der Waals surface area contributed by atoms with Gasteiger partial charge in [0.2, 0.25) is 11.2 Å². The predicted molar refractivity (Wildman–Crippen MR) is 132 cm³/mol. The topological polar surface area (TPSA) is 65.5 Å². The van der Waals surface area contributed by atoms with Gasteiger partial charge in [0.1, 0.15) is 11.1 Å². The summed E-state index contributed by atoms with van der Waals surface area (Å²) < 4.78 is 17.9. The van der Waals surface area contributed by atoms with Gasteiger partial charge in [0.05, 0.1) is 12.0 Å². The second kappa shape index (κ2) is 9.55. The first-order valence-corrected chi connectivity index (χ1v) is 11.9. The molecule has 0 atom stereocenters. The van der Waals surface area contributed by atoms with Crippen molar-refractivity contribution in [3.63, 3.8) is 0 Å². The van der Waals surface area contributed by atoms with E-state index in [1.165, 1.54) is 0 Å². The fourth-order valence-electron chi connectivity index (χ4n) is 3.60. The number of thioether (sulfide) groups is 1. The molecule has 0 fully saturated rings. The van der Waals surface area contributed by atoms with Crippen LogP contribution in [0, 0.1) is 6.92 Å². The Balaban J connectivity index is 1.26. The van der Waals surface area contributed by atoms with Crippen LogP contribution in [0.15, 0.2) is 91.6 Å². The largest absolute Gasteiger partial charge is 0.486 e. The maximum Gasteiger partial charge on any atom is 0.256 e. The molecule has 33 heavy (non-hydrogen) atoms. The molecule has 2 heterocycles. The molecule has 0 unspecified atom stereocenters. The summed E-state index contributed by atoms with van der Waals surface area (Å²) in [7, 11) is 0. The third-order valence-electron chi connectivity index (χ3n) is 5.35. The summed E-state index contributed by atoms with van der Waals surface area (Å²) in [6, 6.07) is 22.9. The molecule has 0 saturated carbocycles. The van der Waals surface area contributed by atoms with E-state index in [1.54, 1.807) is 17.8 Å². The summed E-state index contributed by atoms with van der Waals surface area (Å²) in [6.45, 7) is 2.45. The van der Waals surface area contributed by atoms with Crippen molar-refractivity contribution in [2.24, 2.45) is 0 Å². The number of hydrogen-bond donors (Lipinski definition) is 0. The van der Waals surface area contributed by atoms with E-state index < -0.39 is 0 Å². The van der Waals surface area contributed by atoms with Crippen molar-refractivity contribution in [1.29, 1.82) is 0 Å². The third kappa shape index (κ3) is 4.66. The van der Waals surface area contributed by atoms with Crippen molar-refractivity contribution in [3.8, 4) is 17.1 Å². The molecule has 0 spiro atoms. The number of unbranched alkanes of at least 4 members (excludes halogenated alkanes) is 1. The average Bonchev–Trinajstić information content (AvgIpc) is 3.26. The first kappa shape index (κ1) is 21.3. The van der Waals surface area contributed by atoms with E-state index in [-0.39, 0.29) is 11.2 Å². The summed E-state index contributed by atoms with van der Waals surface area (Å²) in [5.74, 6) is 1.59. The number of nitrogens with zero attached hydrogens (tertiary/aromatic N) is 1. The minimum Gasteiger partial charge on any atom is -0.486 e. The second-order valence-corrected chi connectivity index (χ2v) is 8.85. The van der Waals surface area contributed by atoms with E-state index in [0.717, 1.165) is 40.8 Å². The standard InChI is InChI=1S/C27H23NO4S/c1-18-12-14-19(15-13-18)25-26(24(29)20-8-2-4-10-22(20)31-25)30-16-6-7-17-33-27-28-21-9-3-5-11-23(21)32-27/h2-5,8-15H,6-7,16-17H2,1H3. The van der Waals surface area contributed by atoms with Crippen LogP contribution in [0.3, 0.4) is 0 Å². The molecule has 2 aromatic heterocycles. The van der Waals surface area contributed by atoms with Crippen molar-refractivity contribution in [2.45, 2.75) is 25.0 Å². The van der Waals surface area contributed by atoms with E-state index in [2.05, 4.69) is 4.98 Å². The zero-order valence-corrected chi connectivity index (χ0v) is 19.1. The Bertz CT molecular complexity index is 1420. The maximum atomic E-state index is 13.2. The van der Waals surface area contributed by atoms with Crippen molar-refractivity contribution in [1.82, 2.24) is 4.98 Å². The highest BCUT2D eigenvalue weighted by Crippen LogP contribution is 2.31. The van der Waals surface area contributed by atoms with E-state index in [1.807, 2.05) is 73.7 Å². The van der Waals surface area contributed by atoms with Crippen molar-refractivity contribution in [2.75, 3.05) is 12.4 Å². The van der Waals surface area contributed by atoms with Gasteiger partial charge in [-0.2, -0.15) is 0 Å². The summed E-state index contributed by atoms with van der Waals surface area (Å²) in [4.78, 5) is 17.7. The Morgan fingerprint density at radius 2 is 1.64 bits per heavy atom. The molecule has 0 aliphatic carbocycles. The zero-order valence-electron chi connectivity index (χ0n) is 18.2. The molecule has 3 aromatic carbocycles. The van der Waals surface area contributed by atoms with Crippen LogP contribution in [0.1, 0.15) is 18.4 Å². The van der Waals surface area contributed by atoms with Gasteiger partial charge in [0.15, 0.2) is 11.3 Å². The molecule has 0 aliphatic heterocycles. The van der Waals surface area contributed by atoms with Gasteiger partial charge in [0, 0.05) is 11.3 Å². The molecule has 166 valence electrons. The van der Waals surface area contributed by atoms with E-state index >= 15 is 0 Å². The lowest BCUT2D eigenvalue weighted by Crippen LogP contribution is -2.11. The van der Waals surface area contributed by atoms with Crippen molar-refractivity contribution < 1.29 is 13.6 Å². The van der Waals surface area contributed by atoms with Gasteiger partial charge in [-0.3, -0.25) is 4.79 Å². The zero-order chi connectivity index (χ0) is 22.6. The van der Waals surface area contributed by atoms with Crippen LogP contribution in [0.25, 0.3) is 33.4 Å². The molecule has 5 aromatic rings. The summed E-state index contributed by atoms with van der Waals surface area (Å²) in [6.07, 6.45) is 1.70. The SMILES string of the molecule is Cc1ccc(-c2oc3ccccc3c(=O)c2OCCCCSc2nc3ccccc3o2)cc1. The lowest BCUT2D eigenvalue weighted by Gasteiger charge is -2.12. The smallest absolute Gasteiger partial charge is 0.256 e. The Kier molecular flexibility index (Phi) is 6.17. The maximum absolute atomic E-state index is 13.2. The monoisotopic (exact) mass is 457 g/mol. The van der Waals surface area contributed by atoms with Gasteiger partial charge < -0.3 is 13.6 Å². The molecule has 5 nitrogen and oxygen atoms in total. The first-order valence-electron chi connectivity index (χ1n) is 10.9. The fourth-order valence-corrected chi connectivity index (χ4v) is 4.44. The number of aromatic nitrogens is 1. The van der Waals surface area contributed by atoms with E-state index in [4.69, 9.17) is 13.6 Å². The molecule has 0 aliphatic rings. The number of benzene rings is 3. The van der Waals surface area contributed by atoms with E-state index in [9.17, 15) is 4.79 Å². The first-order chi connectivity index (χ1) is 16.2. The Labute approximate surface area is 195 Å². The number of hydrogen-bond acceptors (Lipinski definition) is 6. The summed E-state index contributed by atoms with van der Waals surface area (Å²) in [5.41, 5.74) is 4.05. The minimum atomic E-state index is -0.145. The van der Waals surface area contributed by atoms with Gasteiger partial charge >= 0.3 is 0 Å². The van der Waals surface area contributed by atoms with Crippen LogP contribution < -0.4 is 10.2 Å². The lowest BCUT2D eigenvalue weighted by atomic mass is 10.1. The van der Waals surface area contributed by atoms with Crippen LogP contribution in [0.2, 0.25) is 0 Å². The van der Waals surface area contributed by atoms with Gasteiger partial charge in [-0.1, -0.05) is 65.9 Å². The molecular weight excluding hydrogens is 434 g/mol. The van der Waals surface area contributed by atoms with Crippen LogP contribution >= 0.6 is 11.8 Å². The Morgan fingerprint density at radius 1 is 0.879 bits per heavy atom. The fraction of sp³-hybridized carbons (Fsp3) is 0.185. The molecule has 0 saturated heterocycles. The number of ether oxygens (including phenoxy) is 1. The van der Waals surface area contributed by atoms with Crippen molar-refractivity contribution in [3.05, 3.63) is 88.6 Å². The number of oxazole rings is 1. The highest BCUT2D eigenvalue weighted by atomic mass is 32.2. The summed E-state index contributed by atoms with van der Waals surface area (Å²) in [5, 5.41) is 1.20. The summed E-state index contributed by atoms with van der Waals surface area (Å²) >= 11 is 1.59. The van der Waals surface area contributed by atoms with Crippen molar-refractivity contribution >= 4 is 33.8 Å². The van der Waals surface area contributed by atoms with Gasteiger partial charge in [0.25, 0.3) is 5.22 Å². The molecule has 5 rings (SSSR count). The quantitative estimate of drug-likeness (QED) is 0.187. The predicted octanol–water partition coefficient (Wildman–Crippen LogP) is 6.86. The highest BCUT2D eigenvalue weighted by Gasteiger charge is 2.17. The molecule has 0 N–H and O–H groups in total. The molecule has 0 radical (unpaired) electrons. The normalized spacial score (nSPS) is 11.3.